The molecule has 0 spiro atoms. The second-order valence-corrected chi connectivity index (χ2v) is 27.5. The van der Waals surface area contributed by atoms with Gasteiger partial charge in [0.2, 0.25) is 0 Å². The average Bonchev–Trinajstić information content (AvgIpc) is 1.65. The van der Waals surface area contributed by atoms with Gasteiger partial charge < -0.3 is 13.3 Å². The molecule has 26 aromatic rings. The van der Waals surface area contributed by atoms with Crippen molar-refractivity contribution in [3.05, 3.63) is 471 Å². The average molecular weight is 1710 g/mol. The second-order valence-electron chi connectivity index (χ2n) is 27.5. The van der Waals surface area contributed by atoms with E-state index in [1.165, 1.54) is 6.92 Å². The van der Waals surface area contributed by atoms with Crippen LogP contribution in [-0.4, -0.2) is 0 Å². The Balaban J connectivity index is 0.000000153. The first-order valence-corrected chi connectivity index (χ1v) is 37.7. The third-order valence-electron chi connectivity index (χ3n) is 20.7. The van der Waals surface area contributed by atoms with Crippen molar-refractivity contribution < 1.29 is 119 Å². The summed E-state index contributed by atoms with van der Waals surface area (Å²) in [6, 6.07) is -69.2. The first-order valence-electron chi connectivity index (χ1n) is 76.2. The molecule has 0 atom stereocenters. The Hall–Kier alpha value is -16.7. The molecule has 0 amide bonds. The number of hydrogen-bond acceptors (Lipinski definition) is 3. The number of para-hydroxylation sites is 1. The maximum absolute atomic E-state index is 9.59. The van der Waals surface area contributed by atoms with E-state index in [4.69, 9.17) is 88.6 Å². The maximum Gasteiger partial charge on any atom is 0.143 e. The number of benzene rings is 23. The molecule has 0 aliphatic carbocycles. The molecule has 598 valence electrons. The Bertz CT molecular complexity index is 13600. The third-order valence-corrected chi connectivity index (χ3v) is 20.7. The van der Waals surface area contributed by atoms with Crippen LogP contribution in [0.4, 0.5) is 0 Å². The molecule has 128 heavy (non-hydrogen) atoms. The van der Waals surface area contributed by atoms with Crippen LogP contribution in [0.25, 0.3) is 252 Å². The minimum atomic E-state index is -0.979. The van der Waals surface area contributed by atoms with E-state index in [0.717, 1.165) is 0 Å². The fraction of sp³-hybridized carbons (Fsp3) is 0.00800. The van der Waals surface area contributed by atoms with E-state index in [9.17, 15) is 30.2 Å². The molecule has 0 fully saturated rings. The zero-order valence-corrected chi connectivity index (χ0v) is 64.2. The summed E-state index contributed by atoms with van der Waals surface area (Å²) in [5.41, 5.74) is -17.5. The Morgan fingerprint density at radius 1 is 0.156 bits per heavy atom. The lowest BCUT2D eigenvalue weighted by molar-refractivity contribution is 0.669. The fourth-order valence-corrected chi connectivity index (χ4v) is 15.5. The van der Waals surface area contributed by atoms with Crippen LogP contribution in [0.2, 0.25) is 0 Å². The van der Waals surface area contributed by atoms with Crippen LogP contribution in [0.3, 0.4) is 0 Å². The molecule has 0 radical (unpaired) electrons. The number of rotatable bonds is 10. The molecule has 3 heteroatoms. The minimum absolute atomic E-state index is 0.241. The summed E-state index contributed by atoms with van der Waals surface area (Å²) in [5.74, 6) is 0. The molecule has 0 saturated carbocycles. The fourth-order valence-electron chi connectivity index (χ4n) is 15.5. The number of hydrogen-bond donors (Lipinski definition) is 0. The number of fused-ring (bicyclic) bond motifs is 16. The van der Waals surface area contributed by atoms with E-state index in [-0.39, 0.29) is 5.56 Å². The SMILES string of the molecule is [2H]c1c([2H])c([2H])c(-c2c([2H])c([2H])c([2H])c(-c3c(C)c([2H])c([2H])c4c3oc3c([2H])c([2H])c([2H])c(-c5c6c([2H])c([2H])c([2H])c([2H])c6c(-c6c([2H])c([2H])c([2H])c([2H])c6[2H])c6c([2H])c([2H])c([2H])c([2H])c56)c34)c2[2H])c([2H])c1[2H].[2H]c1c([2H])c([2H])c(-c2c([2H])c([2H])c3c(oc4c([2H])c([2H])c([2H])c(-c5c6c([2H])c([2H])c([2H])c([2H])c6c(-c6c([2H])c([2H])c([2H])c([2H])c6[2H])c6c([2H])c([2H])c([2H])c([2H])c56)c43)c2[2H])c([2H])c1[2H].[2H]c1c([2H])c([2H])c(-c2c3c([2H])c([2H])c([2H])c([2H])c3c(-c3c([2H])c([2H])c([2H])c4oc5c(-c6c([2H])c([2H])c7c([2H])c([2H])c([2H])c([2H])c7c6[2H])c([2H])c([2H])c([2H])c5c34)c3c([2H])c([2H])c([2H])c([2H])c23)c([2H])c1[2H]. The second kappa shape index (κ2) is 31.6. The van der Waals surface area contributed by atoms with Gasteiger partial charge in [-0.25, -0.2) is 0 Å². The van der Waals surface area contributed by atoms with Gasteiger partial charge >= 0.3 is 0 Å². The van der Waals surface area contributed by atoms with Crippen LogP contribution >= 0.6 is 0 Å². The largest absolute Gasteiger partial charge is 0.456 e. The molecule has 0 saturated heterocycles. The Morgan fingerprint density at radius 2 is 0.453 bits per heavy atom. The van der Waals surface area contributed by atoms with Crippen molar-refractivity contribution in [2.24, 2.45) is 0 Å². The first kappa shape index (κ1) is 30.3. The van der Waals surface area contributed by atoms with Gasteiger partial charge in [-0.15, -0.1) is 0 Å². The molecule has 0 aliphatic heterocycles. The minimum Gasteiger partial charge on any atom is -0.456 e. The van der Waals surface area contributed by atoms with Crippen molar-refractivity contribution in [3.63, 3.8) is 0 Å². The topological polar surface area (TPSA) is 39.4 Å². The van der Waals surface area contributed by atoms with E-state index >= 15 is 0 Å². The van der Waals surface area contributed by atoms with E-state index in [0.29, 0.717) is 0 Å². The van der Waals surface area contributed by atoms with Gasteiger partial charge in [0, 0.05) is 43.4 Å². The van der Waals surface area contributed by atoms with Crippen LogP contribution in [0.15, 0.2) is 479 Å². The van der Waals surface area contributed by atoms with Crippen molar-refractivity contribution in [2.45, 2.75) is 6.92 Å². The summed E-state index contributed by atoms with van der Waals surface area (Å²) >= 11 is 0. The highest BCUT2D eigenvalue weighted by Gasteiger charge is 2.27. The highest BCUT2D eigenvalue weighted by Crippen LogP contribution is 2.53. The number of furan rings is 3. The molecule has 0 unspecified atom stereocenters. The predicted octanol–water partition coefficient (Wildman–Crippen LogP) is 35.8. The van der Waals surface area contributed by atoms with E-state index in [1.54, 1.807) is 0 Å². The zero-order valence-electron chi connectivity index (χ0n) is 141. The van der Waals surface area contributed by atoms with E-state index in [1.807, 2.05) is 0 Å². The molecule has 23 aromatic carbocycles. The summed E-state index contributed by atoms with van der Waals surface area (Å²) in [6.45, 7) is 1.25. The third kappa shape index (κ3) is 12.7. The lowest BCUT2D eigenvalue weighted by atomic mass is 9.85. The van der Waals surface area contributed by atoms with Crippen LogP contribution in [0.1, 0.15) is 111 Å². The molecule has 0 N–H and O–H groups in total. The Kier molecular flexibility index (Phi) is 7.47. The van der Waals surface area contributed by atoms with Crippen molar-refractivity contribution >= 4 is 141 Å². The summed E-state index contributed by atoms with van der Waals surface area (Å²) in [7, 11) is 0. The van der Waals surface area contributed by atoms with Gasteiger partial charge in [-0.2, -0.15) is 0 Å². The maximum atomic E-state index is 9.59. The van der Waals surface area contributed by atoms with Gasteiger partial charge in [0.15, 0.2) is 0 Å². The van der Waals surface area contributed by atoms with Gasteiger partial charge in [-0.1, -0.05) is 423 Å². The lowest BCUT2D eigenvalue weighted by Crippen LogP contribution is -1.91. The molecular weight excluding hydrogens is 1550 g/mol. The van der Waals surface area contributed by atoms with Gasteiger partial charge in [-0.3, -0.25) is 0 Å². The molecule has 3 heterocycles. The first-order chi connectivity index (χ1) is 95.5. The van der Waals surface area contributed by atoms with Gasteiger partial charge in [0.1, 0.15) is 33.5 Å². The molecular formula is C125H80O3. The molecule has 26 rings (SSSR count). The quantitative estimate of drug-likeness (QED) is 0.128. The van der Waals surface area contributed by atoms with Crippen molar-refractivity contribution in [2.75, 3.05) is 0 Å². The summed E-state index contributed by atoms with van der Waals surface area (Å²) in [5, 5.41) is -12.5. The highest BCUT2D eigenvalue weighted by atomic mass is 16.3. The summed E-state index contributed by atoms with van der Waals surface area (Å²) < 4.78 is 702. The van der Waals surface area contributed by atoms with Crippen LogP contribution in [-0.2, 0) is 0 Å². The summed E-state index contributed by atoms with van der Waals surface area (Å²) in [4.78, 5) is 0. The van der Waals surface area contributed by atoms with Crippen LogP contribution in [0.5, 0.6) is 0 Å². The van der Waals surface area contributed by atoms with Crippen molar-refractivity contribution in [3.8, 4) is 111 Å². The monoisotopic (exact) mass is 1710 g/mol. The molecule has 0 aliphatic rings. The van der Waals surface area contributed by atoms with Gasteiger partial charge in [-0.05, 0) is 230 Å². The predicted molar refractivity (Wildman–Crippen MR) is 543 cm³/mol. The summed E-state index contributed by atoms with van der Waals surface area (Å²) in [6.07, 6.45) is 0. The Labute approximate surface area is 848 Å². The van der Waals surface area contributed by atoms with Crippen molar-refractivity contribution in [1.29, 1.82) is 0 Å². The molecule has 3 nitrogen and oxygen atoms in total. The zero-order chi connectivity index (χ0) is 152. The lowest BCUT2D eigenvalue weighted by Gasteiger charge is -2.18. The van der Waals surface area contributed by atoms with E-state index in [2.05, 4.69) is 0 Å². The Morgan fingerprint density at radius 3 is 0.891 bits per heavy atom. The van der Waals surface area contributed by atoms with Crippen LogP contribution in [0, 0.1) is 6.92 Å². The molecule has 3 aromatic heterocycles. The smallest absolute Gasteiger partial charge is 0.143 e. The highest BCUT2D eigenvalue weighted by molar-refractivity contribution is 6.30. The van der Waals surface area contributed by atoms with Crippen molar-refractivity contribution in [1.82, 2.24) is 0 Å². The normalized spacial score (nSPS) is 20.1. The van der Waals surface area contributed by atoms with Gasteiger partial charge in [0.25, 0.3) is 0 Å². The molecule has 0 bridgehead atoms. The van der Waals surface area contributed by atoms with E-state index < -0.39 is 718 Å². The van der Waals surface area contributed by atoms with Gasteiger partial charge in [0.05, 0.1) is 106 Å². The standard InChI is InChI=1S/C45H30O.C42H26O.C38H24O/c1-29-26-27-39-44-38(24-13-25-40(44)46-45(39)41(29)33-19-12-18-32(28-33)30-14-4-2-5-15-30)43-36-22-10-8-20-34(36)42(31-16-6-3-7-17-31)35-21-9-11-23-37(35)43;1-2-13-28(14-3-1)39-32-16-6-8-18-34(32)40(35-19-9-7-17-33(35)39)36-21-11-23-38-41(36)37-22-10-20-31(42(37)43-38)30-25-24-27-12-4-5-15-29(27)26-30;1-3-12-25(13-4-1)27-22-23-32-35(24-27)39-34-21-11-20-33(38(32)34)37-30-18-9-7-16-28(30)36(26-14-5-2-6-15-26)29-17-8-10-19-31(29)37/h2-28H,1H3;1-26H;1-24H/i2D,3D,4D,5D,6D,7D,8D,9D,10D,11D,12D,13D,14D,15D,16D,17D,18D,19D,20D,21D,22D,23D,24D,25D,26D,27D,28D;1D,2D,3D,4D,5D,6D,7D,8D,9D,10D,11D,12D,13D,14D,15D,16D,17D,18D,19D,20D,21D,22D,23D,24D,25D,26D;1D,2D,3D,4D,5D,6D,7D,8D,9D,10D,11D,12D,13D,14D,15D,16D,17D,18D,19D,20D,21D,22D,23D,24D. The van der Waals surface area contributed by atoms with Crippen LogP contribution < -0.4 is 0 Å².